The van der Waals surface area contributed by atoms with Crippen LogP contribution in [0.1, 0.15) is 40.9 Å². The molecule has 0 saturated heterocycles. The Kier molecular flexibility index (Phi) is 4.81. The van der Waals surface area contributed by atoms with Crippen LogP contribution < -0.4 is 0 Å². The van der Waals surface area contributed by atoms with Crippen LogP contribution in [-0.2, 0) is 5.41 Å². The lowest BCUT2D eigenvalue weighted by molar-refractivity contribution is 0.604. The lowest BCUT2D eigenvalue weighted by atomic mass is 9.95. The Morgan fingerprint density at radius 2 is 1.78 bits per heavy atom. The number of alkyl halides is 1. The minimum Gasteiger partial charge on any atom is -0.143 e. The summed E-state index contributed by atoms with van der Waals surface area (Å²) < 4.78 is 2.34. The van der Waals surface area contributed by atoms with E-state index in [0.717, 1.165) is 3.79 Å². The highest BCUT2D eigenvalue weighted by Crippen LogP contribution is 2.44. The van der Waals surface area contributed by atoms with E-state index in [2.05, 4.69) is 86.8 Å². The molecular weight excluding hydrogens is 460 g/mol. The molecule has 0 saturated carbocycles. The normalized spacial score (nSPS) is 13.9. The zero-order chi connectivity index (χ0) is 13.5. The Labute approximate surface area is 141 Å². The molecule has 0 fully saturated rings. The van der Waals surface area contributed by atoms with Crippen LogP contribution in [0.3, 0.4) is 0 Å². The van der Waals surface area contributed by atoms with Crippen molar-refractivity contribution >= 4 is 70.5 Å². The molecule has 0 aliphatic heterocycles. The molecule has 0 radical (unpaired) electrons. The van der Waals surface area contributed by atoms with E-state index in [0.29, 0.717) is 0 Å². The van der Waals surface area contributed by atoms with Crippen molar-refractivity contribution in [2.75, 3.05) is 0 Å². The van der Waals surface area contributed by atoms with Gasteiger partial charge in [-0.1, -0.05) is 36.7 Å². The van der Waals surface area contributed by atoms with E-state index in [1.807, 2.05) is 11.3 Å². The Hall–Kier alpha value is 0.840. The Bertz CT molecular complexity index is 549. The Balaban J connectivity index is 2.32. The Morgan fingerprint density at radius 3 is 2.22 bits per heavy atom. The summed E-state index contributed by atoms with van der Waals surface area (Å²) in [5.74, 6) is 0. The third-order valence-electron chi connectivity index (χ3n) is 2.57. The van der Waals surface area contributed by atoms with E-state index in [1.54, 1.807) is 11.3 Å². The molecule has 2 rings (SSSR count). The van der Waals surface area contributed by atoms with Gasteiger partial charge in [-0.2, -0.15) is 0 Å². The van der Waals surface area contributed by atoms with E-state index in [9.17, 15) is 0 Å². The van der Waals surface area contributed by atoms with Gasteiger partial charge in [-0.25, -0.2) is 0 Å². The molecular formula is C13H13Br3S2. The van der Waals surface area contributed by atoms with Gasteiger partial charge in [-0.3, -0.25) is 0 Å². The van der Waals surface area contributed by atoms with Crippen molar-refractivity contribution in [1.29, 1.82) is 0 Å². The van der Waals surface area contributed by atoms with Crippen LogP contribution >= 0.6 is 70.5 Å². The van der Waals surface area contributed by atoms with Gasteiger partial charge >= 0.3 is 0 Å². The summed E-state index contributed by atoms with van der Waals surface area (Å²) in [6, 6.07) is 6.64. The summed E-state index contributed by atoms with van der Waals surface area (Å²) in [6.45, 7) is 6.76. The van der Waals surface area contributed by atoms with Crippen molar-refractivity contribution in [3.05, 3.63) is 41.1 Å². The minimum absolute atomic E-state index is 0.224. The average molecular weight is 473 g/mol. The molecule has 5 heteroatoms. The van der Waals surface area contributed by atoms with Crippen molar-refractivity contribution in [3.8, 4) is 0 Å². The second kappa shape index (κ2) is 5.68. The van der Waals surface area contributed by atoms with Gasteiger partial charge in [0.2, 0.25) is 0 Å². The molecule has 2 heterocycles. The van der Waals surface area contributed by atoms with E-state index in [4.69, 9.17) is 0 Å². The van der Waals surface area contributed by atoms with Crippen LogP contribution in [0.5, 0.6) is 0 Å². The predicted molar refractivity (Wildman–Crippen MR) is 93.5 cm³/mol. The second-order valence-corrected chi connectivity index (χ2v) is 10.9. The topological polar surface area (TPSA) is 0 Å². The highest BCUT2D eigenvalue weighted by Gasteiger charge is 2.21. The molecule has 18 heavy (non-hydrogen) atoms. The van der Waals surface area contributed by atoms with Gasteiger partial charge in [-0.15, -0.1) is 22.7 Å². The van der Waals surface area contributed by atoms with Gasteiger partial charge in [0, 0.05) is 9.75 Å². The largest absolute Gasteiger partial charge is 0.143 e. The summed E-state index contributed by atoms with van der Waals surface area (Å²) in [4.78, 5) is 3.04. The maximum absolute atomic E-state index is 3.80. The summed E-state index contributed by atoms with van der Waals surface area (Å²) in [7, 11) is 0. The number of thiophene rings is 2. The van der Waals surface area contributed by atoms with Crippen molar-refractivity contribution < 1.29 is 0 Å². The standard InChI is InChI=1S/C13H13Br3S2/c1-13(2,3)9-5-4-8(17-9)11(15)7-6-10(14)18-12(7)16/h4-6,11H,1-3H3. The van der Waals surface area contributed by atoms with Crippen molar-refractivity contribution in [3.63, 3.8) is 0 Å². The fraction of sp³-hybridized carbons (Fsp3) is 0.385. The first-order chi connectivity index (χ1) is 8.29. The fourth-order valence-corrected chi connectivity index (χ4v) is 6.79. The molecule has 0 amide bonds. The van der Waals surface area contributed by atoms with E-state index in [-0.39, 0.29) is 10.2 Å². The first kappa shape index (κ1) is 15.2. The zero-order valence-electron chi connectivity index (χ0n) is 10.3. The van der Waals surface area contributed by atoms with Crippen LogP contribution in [0.4, 0.5) is 0 Å². The first-order valence-corrected chi connectivity index (χ1v) is 9.61. The van der Waals surface area contributed by atoms with E-state index in [1.165, 1.54) is 19.1 Å². The third-order valence-corrected chi connectivity index (χ3v) is 7.82. The highest BCUT2D eigenvalue weighted by molar-refractivity contribution is 9.12. The lowest BCUT2D eigenvalue weighted by Crippen LogP contribution is -2.07. The van der Waals surface area contributed by atoms with Crippen molar-refractivity contribution in [1.82, 2.24) is 0 Å². The molecule has 1 unspecified atom stereocenters. The molecule has 0 aliphatic rings. The molecule has 0 bridgehead atoms. The predicted octanol–water partition coefficient (Wildman–Crippen LogP) is 7.12. The lowest BCUT2D eigenvalue weighted by Gasteiger charge is -2.15. The van der Waals surface area contributed by atoms with Gasteiger partial charge in [0.15, 0.2) is 0 Å². The molecule has 2 aromatic rings. The molecule has 2 aromatic heterocycles. The molecule has 0 nitrogen and oxygen atoms in total. The first-order valence-electron chi connectivity index (χ1n) is 5.48. The van der Waals surface area contributed by atoms with E-state index >= 15 is 0 Å². The molecule has 1 atom stereocenters. The number of halogens is 3. The minimum atomic E-state index is 0.224. The summed E-state index contributed by atoms with van der Waals surface area (Å²) in [5, 5.41) is 0. The van der Waals surface area contributed by atoms with Gasteiger partial charge < -0.3 is 0 Å². The monoisotopic (exact) mass is 470 g/mol. The molecule has 0 N–H and O–H groups in total. The van der Waals surface area contributed by atoms with Crippen LogP contribution in [0.15, 0.2) is 25.8 Å². The average Bonchev–Trinajstić information content (AvgIpc) is 2.83. The number of hydrogen-bond donors (Lipinski definition) is 0. The van der Waals surface area contributed by atoms with Gasteiger partial charge in [0.05, 0.1) is 12.4 Å². The molecule has 0 aromatic carbocycles. The Morgan fingerprint density at radius 1 is 1.11 bits per heavy atom. The van der Waals surface area contributed by atoms with Gasteiger partial charge in [0.25, 0.3) is 0 Å². The van der Waals surface area contributed by atoms with Crippen LogP contribution in [0.2, 0.25) is 0 Å². The highest BCUT2D eigenvalue weighted by atomic mass is 79.9. The van der Waals surface area contributed by atoms with Crippen molar-refractivity contribution in [2.45, 2.75) is 31.0 Å². The van der Waals surface area contributed by atoms with Crippen LogP contribution in [-0.4, -0.2) is 0 Å². The maximum Gasteiger partial charge on any atom is 0.0757 e. The molecule has 0 aliphatic carbocycles. The van der Waals surface area contributed by atoms with Crippen LogP contribution in [0, 0.1) is 0 Å². The summed E-state index contributed by atoms with van der Waals surface area (Å²) in [5.41, 5.74) is 1.51. The fourth-order valence-electron chi connectivity index (χ4n) is 1.57. The number of hydrogen-bond acceptors (Lipinski definition) is 2. The molecule has 0 spiro atoms. The third kappa shape index (κ3) is 3.29. The van der Waals surface area contributed by atoms with E-state index < -0.39 is 0 Å². The maximum atomic E-state index is 3.80. The second-order valence-electron chi connectivity index (χ2n) is 5.09. The van der Waals surface area contributed by atoms with Gasteiger partial charge in [-0.05, 0) is 61.0 Å². The molecule has 98 valence electrons. The van der Waals surface area contributed by atoms with Gasteiger partial charge in [0.1, 0.15) is 0 Å². The smallest absolute Gasteiger partial charge is 0.0757 e. The van der Waals surface area contributed by atoms with Crippen LogP contribution in [0.25, 0.3) is 0 Å². The summed E-state index contributed by atoms with van der Waals surface area (Å²) in [6.07, 6.45) is 0. The quantitative estimate of drug-likeness (QED) is 0.408. The van der Waals surface area contributed by atoms with Crippen molar-refractivity contribution in [2.24, 2.45) is 0 Å². The zero-order valence-corrected chi connectivity index (χ0v) is 16.7. The SMILES string of the molecule is CC(C)(C)c1ccc(C(Br)c2cc(Br)sc2Br)s1. The number of rotatable bonds is 2. The summed E-state index contributed by atoms with van der Waals surface area (Å²) >= 11 is 14.6.